The van der Waals surface area contributed by atoms with Gasteiger partial charge in [-0.3, -0.25) is 19.6 Å². The Hall–Kier alpha value is -5.74. The number of amides is 2. The minimum atomic E-state index is -0.177. The molecule has 0 bridgehead atoms. The van der Waals surface area contributed by atoms with Crippen LogP contribution >= 0.6 is 23.2 Å². The number of phenolic OH excluding ortho intramolecular Hbond substituents is 1. The second kappa shape index (κ2) is 19.8. The number of hydrogen-bond acceptors (Lipinski definition) is 7. The molecule has 2 heterocycles. The van der Waals surface area contributed by atoms with Gasteiger partial charge in [0.15, 0.2) is 0 Å². The van der Waals surface area contributed by atoms with E-state index in [1.807, 2.05) is 64.1 Å². The average Bonchev–Trinajstić information content (AvgIpc) is 3.16. The summed E-state index contributed by atoms with van der Waals surface area (Å²) in [5.41, 5.74) is 8.60. The number of carbonyl (C=O) groups excluding carboxylic acids is 2. The van der Waals surface area contributed by atoms with Crippen molar-refractivity contribution in [2.24, 2.45) is 0 Å². The first-order valence-corrected chi connectivity index (χ1v) is 17.3. The van der Waals surface area contributed by atoms with E-state index >= 15 is 0 Å². The van der Waals surface area contributed by atoms with Crippen molar-refractivity contribution in [3.63, 3.8) is 0 Å². The van der Waals surface area contributed by atoms with E-state index in [1.165, 1.54) is 12.1 Å². The highest BCUT2D eigenvalue weighted by Crippen LogP contribution is 2.22. The Morgan fingerprint density at radius 3 is 1.53 bits per heavy atom. The van der Waals surface area contributed by atoms with E-state index in [-0.39, 0.29) is 24.2 Å². The summed E-state index contributed by atoms with van der Waals surface area (Å²) in [7, 11) is 0. The summed E-state index contributed by atoms with van der Waals surface area (Å²) in [6.45, 7) is 8.26. The predicted octanol–water partition coefficient (Wildman–Crippen LogP) is 9.67. The maximum absolute atomic E-state index is 12.4. The number of hydrogen-bond donors (Lipinski definition) is 4. The second-order valence-corrected chi connectivity index (χ2v) is 12.7. The van der Waals surface area contributed by atoms with Gasteiger partial charge in [0.05, 0.1) is 11.6 Å². The van der Waals surface area contributed by atoms with E-state index < -0.39 is 0 Å². The van der Waals surface area contributed by atoms with Crippen LogP contribution in [0, 0.1) is 27.7 Å². The molecule has 53 heavy (non-hydrogen) atoms. The number of pyridine rings is 2. The number of anilines is 2. The van der Waals surface area contributed by atoms with Crippen LogP contribution in [0.15, 0.2) is 122 Å². The van der Waals surface area contributed by atoms with Crippen LogP contribution in [0.1, 0.15) is 54.1 Å². The largest absolute Gasteiger partial charge is 0.508 e. The minimum Gasteiger partial charge on any atom is -0.508 e. The van der Waals surface area contributed by atoms with Gasteiger partial charge in [-0.1, -0.05) is 47.5 Å². The summed E-state index contributed by atoms with van der Waals surface area (Å²) in [6, 6.07) is 28.2. The van der Waals surface area contributed by atoms with Crippen molar-refractivity contribution in [3.05, 3.63) is 176 Å². The molecule has 11 heteroatoms. The lowest BCUT2D eigenvalue weighted by Crippen LogP contribution is -2.13. The molecule has 2 amide bonds. The van der Waals surface area contributed by atoms with Crippen molar-refractivity contribution in [2.45, 2.75) is 40.9 Å². The number of ether oxygens (including phenoxy) is 1. The molecule has 0 fully saturated rings. The number of benzene rings is 4. The molecule has 4 aromatic carbocycles. The van der Waals surface area contributed by atoms with E-state index in [0.29, 0.717) is 39.1 Å². The standard InChI is InChI=1S/C21H19ClN2O2.C15H15NO2.C6H6ClNO/c1-14-4-3-5-20(15(14)2)24-21(25)16-6-8-18(9-7-16)26-13-17-12-23-11-10-19(17)22;1-10-4-3-5-14(11(10)2)16-15(18)12-6-8-13(17)9-7-12;7-6-1-2-8-3-5(6)4-9/h3-12H,13H2,1-2H3,(H,24,25);3-9,17H,1-2H3,(H,16,18);1-3,9H,4H2. The van der Waals surface area contributed by atoms with Crippen LogP contribution in [0.4, 0.5) is 11.4 Å². The van der Waals surface area contributed by atoms with Gasteiger partial charge in [-0.25, -0.2) is 0 Å². The minimum absolute atomic E-state index is 0.0489. The Morgan fingerprint density at radius 2 is 1.09 bits per heavy atom. The molecule has 6 aromatic rings. The van der Waals surface area contributed by atoms with Crippen LogP contribution in [-0.4, -0.2) is 32.0 Å². The third kappa shape index (κ3) is 11.9. The van der Waals surface area contributed by atoms with Crippen molar-refractivity contribution in [1.82, 2.24) is 9.97 Å². The van der Waals surface area contributed by atoms with E-state index in [1.54, 1.807) is 73.3 Å². The van der Waals surface area contributed by atoms with E-state index in [0.717, 1.165) is 39.2 Å². The number of carbonyl (C=O) groups is 2. The number of aliphatic hydroxyl groups excluding tert-OH is 1. The van der Waals surface area contributed by atoms with Crippen LogP contribution < -0.4 is 15.4 Å². The molecule has 0 saturated carbocycles. The highest BCUT2D eigenvalue weighted by molar-refractivity contribution is 6.31. The van der Waals surface area contributed by atoms with Gasteiger partial charge in [0.2, 0.25) is 0 Å². The fourth-order valence-electron chi connectivity index (χ4n) is 4.68. The maximum Gasteiger partial charge on any atom is 0.255 e. The van der Waals surface area contributed by atoms with Gasteiger partial charge >= 0.3 is 0 Å². The normalized spacial score (nSPS) is 10.2. The monoisotopic (exact) mass is 750 g/mol. The third-order valence-electron chi connectivity index (χ3n) is 8.20. The maximum atomic E-state index is 12.4. The van der Waals surface area contributed by atoms with E-state index in [4.69, 9.17) is 33.0 Å². The third-order valence-corrected chi connectivity index (χ3v) is 8.94. The van der Waals surface area contributed by atoms with Gasteiger partial charge in [0, 0.05) is 63.4 Å². The van der Waals surface area contributed by atoms with Gasteiger partial charge in [-0.15, -0.1) is 0 Å². The highest BCUT2D eigenvalue weighted by atomic mass is 35.5. The molecule has 0 aliphatic carbocycles. The van der Waals surface area contributed by atoms with Crippen molar-refractivity contribution in [2.75, 3.05) is 10.6 Å². The lowest BCUT2D eigenvalue weighted by Gasteiger charge is -2.11. The Bertz CT molecular complexity index is 2140. The average molecular weight is 752 g/mol. The number of halogens is 2. The number of nitrogens with zero attached hydrogens (tertiary/aromatic N) is 2. The number of aromatic nitrogens is 2. The molecule has 2 aromatic heterocycles. The summed E-state index contributed by atoms with van der Waals surface area (Å²) in [6.07, 6.45) is 6.44. The molecule has 0 aliphatic rings. The van der Waals surface area contributed by atoms with Gasteiger partial charge in [0.25, 0.3) is 11.8 Å². The van der Waals surface area contributed by atoms with Crippen molar-refractivity contribution < 1.29 is 24.5 Å². The van der Waals surface area contributed by atoms with Gasteiger partial charge in [-0.05, 0) is 123 Å². The van der Waals surface area contributed by atoms with Crippen molar-refractivity contribution in [1.29, 1.82) is 0 Å². The van der Waals surface area contributed by atoms with Crippen LogP contribution in [0.3, 0.4) is 0 Å². The molecule has 0 spiro atoms. The zero-order valence-electron chi connectivity index (χ0n) is 29.7. The molecule has 6 rings (SSSR count). The van der Waals surface area contributed by atoms with Gasteiger partial charge in [-0.2, -0.15) is 0 Å². The Kier molecular flexibility index (Phi) is 14.9. The Labute approximate surface area is 319 Å². The molecular weight excluding hydrogens is 711 g/mol. The molecular formula is C42H40Cl2N4O5. The fourth-order valence-corrected chi connectivity index (χ4v) is 5.01. The predicted molar refractivity (Wildman–Crippen MR) is 211 cm³/mol. The molecule has 0 atom stereocenters. The molecule has 9 nitrogen and oxygen atoms in total. The zero-order chi connectivity index (χ0) is 38.3. The second-order valence-electron chi connectivity index (χ2n) is 11.9. The summed E-state index contributed by atoms with van der Waals surface area (Å²) < 4.78 is 5.70. The molecule has 272 valence electrons. The van der Waals surface area contributed by atoms with Gasteiger partial charge in [0.1, 0.15) is 18.1 Å². The summed E-state index contributed by atoms with van der Waals surface area (Å²) in [5, 5.41) is 24.8. The molecule has 0 aliphatic heterocycles. The van der Waals surface area contributed by atoms with Crippen LogP contribution in [0.5, 0.6) is 11.5 Å². The summed E-state index contributed by atoms with van der Waals surface area (Å²) in [5.74, 6) is 0.482. The number of aromatic hydroxyl groups is 1. The van der Waals surface area contributed by atoms with Gasteiger partial charge < -0.3 is 25.6 Å². The highest BCUT2D eigenvalue weighted by Gasteiger charge is 2.10. The van der Waals surface area contributed by atoms with E-state index in [2.05, 4.69) is 20.6 Å². The fraction of sp³-hybridized carbons (Fsp3) is 0.143. The zero-order valence-corrected chi connectivity index (χ0v) is 31.2. The first-order valence-electron chi connectivity index (χ1n) is 16.5. The SMILES string of the molecule is Cc1cccc(NC(=O)c2ccc(O)cc2)c1C.Cc1cccc(NC(=O)c2ccc(OCc3cnccc3Cl)cc2)c1C.OCc1cnccc1Cl. The Balaban J connectivity index is 0.000000200. The van der Waals surface area contributed by atoms with Crippen LogP contribution in [0.2, 0.25) is 10.0 Å². The molecule has 4 N–H and O–H groups in total. The summed E-state index contributed by atoms with van der Waals surface area (Å²) >= 11 is 11.7. The van der Waals surface area contributed by atoms with Crippen LogP contribution in [0.25, 0.3) is 0 Å². The first-order chi connectivity index (χ1) is 25.5. The topological polar surface area (TPSA) is 134 Å². The lowest BCUT2D eigenvalue weighted by atomic mass is 10.1. The molecule has 0 unspecified atom stereocenters. The molecule has 0 radical (unpaired) electrons. The first kappa shape index (κ1) is 40.0. The Morgan fingerprint density at radius 1 is 0.642 bits per heavy atom. The quantitative estimate of drug-likeness (QED) is 0.122. The number of aryl methyl sites for hydroxylation is 2. The van der Waals surface area contributed by atoms with Crippen LogP contribution in [-0.2, 0) is 13.2 Å². The number of nitrogens with one attached hydrogen (secondary N) is 2. The number of aliphatic hydroxyl groups is 1. The lowest BCUT2D eigenvalue weighted by molar-refractivity contribution is 0.101. The smallest absolute Gasteiger partial charge is 0.255 e. The number of rotatable bonds is 8. The molecule has 0 saturated heterocycles. The summed E-state index contributed by atoms with van der Waals surface area (Å²) in [4.78, 5) is 32.2. The van der Waals surface area contributed by atoms with E-state index in [9.17, 15) is 14.7 Å². The number of phenols is 1. The van der Waals surface area contributed by atoms with Crippen molar-refractivity contribution in [3.8, 4) is 11.5 Å². The van der Waals surface area contributed by atoms with Crippen molar-refractivity contribution >= 4 is 46.4 Å².